The number of nitrogens with zero attached hydrogens (tertiary/aromatic N) is 2. The van der Waals surface area contributed by atoms with E-state index in [9.17, 15) is 14.9 Å². The fourth-order valence-corrected chi connectivity index (χ4v) is 3.11. The van der Waals surface area contributed by atoms with Crippen molar-refractivity contribution in [3.63, 3.8) is 0 Å². The third-order valence-corrected chi connectivity index (χ3v) is 4.54. The van der Waals surface area contributed by atoms with E-state index >= 15 is 0 Å². The van der Waals surface area contributed by atoms with Gasteiger partial charge in [0.15, 0.2) is 0 Å². The van der Waals surface area contributed by atoms with E-state index in [1.54, 1.807) is 17.0 Å². The van der Waals surface area contributed by atoms with E-state index < -0.39 is 4.92 Å². The van der Waals surface area contributed by atoms with E-state index in [0.29, 0.717) is 37.0 Å². The first-order valence-electron chi connectivity index (χ1n) is 7.12. The summed E-state index contributed by atoms with van der Waals surface area (Å²) in [5.74, 6) is 1.53. The number of carbonyl (C=O) groups excluding carboxylic acids is 1. The number of nitro groups is 1. The molecule has 1 heterocycles. The number of fused-ring (bicyclic) bond motifs is 1. The Bertz CT molecular complexity index is 560. The van der Waals surface area contributed by atoms with Gasteiger partial charge < -0.3 is 4.90 Å². The van der Waals surface area contributed by atoms with E-state index in [2.05, 4.69) is 26.5 Å². The van der Waals surface area contributed by atoms with Crippen LogP contribution < -0.4 is 4.90 Å². The Labute approximate surface area is 129 Å². The molecule has 1 aliphatic rings. The second-order valence-electron chi connectivity index (χ2n) is 5.76. The van der Waals surface area contributed by atoms with Crippen LogP contribution in [0.5, 0.6) is 0 Å². The zero-order chi connectivity index (χ0) is 15.6. The highest BCUT2D eigenvalue weighted by Crippen LogP contribution is 2.32. The molecule has 0 saturated heterocycles. The second kappa shape index (κ2) is 6.47. The molecule has 0 saturated carbocycles. The van der Waals surface area contributed by atoms with Crippen LogP contribution in [0.3, 0.4) is 0 Å². The highest BCUT2D eigenvalue weighted by molar-refractivity contribution is 7.80. The maximum atomic E-state index is 12.2. The Balaban J connectivity index is 2.32. The quantitative estimate of drug-likeness (QED) is 0.516. The molecule has 0 spiro atoms. The Morgan fingerprint density at radius 3 is 2.67 bits per heavy atom. The van der Waals surface area contributed by atoms with Gasteiger partial charge in [0.05, 0.1) is 4.92 Å². The molecular weight excluding hydrogens is 288 g/mol. The standard InChI is InChI=1S/C15H20N2O3S/c1-10(2)12(9-21)8-16-14-5-4-13(17(19)20)7-11(14)3-6-15(16)18/h4-5,7,10,12,21H,3,6,8-9H2,1-2H3. The van der Waals surface area contributed by atoms with Gasteiger partial charge in [0.25, 0.3) is 5.69 Å². The lowest BCUT2D eigenvalue weighted by atomic mass is 9.94. The molecule has 1 aliphatic heterocycles. The van der Waals surface area contributed by atoms with Crippen LogP contribution in [0.15, 0.2) is 18.2 Å². The highest BCUT2D eigenvalue weighted by atomic mass is 32.1. The Hall–Kier alpha value is -1.56. The van der Waals surface area contributed by atoms with Crippen molar-refractivity contribution in [2.75, 3.05) is 17.2 Å². The van der Waals surface area contributed by atoms with Crippen LogP contribution in [0.4, 0.5) is 11.4 Å². The van der Waals surface area contributed by atoms with Crippen molar-refractivity contribution in [1.82, 2.24) is 0 Å². The van der Waals surface area contributed by atoms with Gasteiger partial charge in [-0.05, 0) is 35.6 Å². The van der Waals surface area contributed by atoms with Crippen LogP contribution in [-0.2, 0) is 11.2 Å². The van der Waals surface area contributed by atoms with Crippen molar-refractivity contribution < 1.29 is 9.72 Å². The van der Waals surface area contributed by atoms with Crippen LogP contribution in [0.25, 0.3) is 0 Å². The van der Waals surface area contributed by atoms with Crippen molar-refractivity contribution >= 4 is 29.9 Å². The number of benzene rings is 1. The Morgan fingerprint density at radius 1 is 1.38 bits per heavy atom. The molecule has 1 amide bonds. The van der Waals surface area contributed by atoms with Gasteiger partial charge in [-0.3, -0.25) is 14.9 Å². The fourth-order valence-electron chi connectivity index (χ4n) is 2.57. The minimum absolute atomic E-state index is 0.0812. The number of rotatable bonds is 5. The summed E-state index contributed by atoms with van der Waals surface area (Å²) in [6, 6.07) is 4.75. The second-order valence-corrected chi connectivity index (χ2v) is 6.13. The third kappa shape index (κ3) is 3.37. The van der Waals surface area contributed by atoms with Gasteiger partial charge in [-0.2, -0.15) is 12.6 Å². The van der Waals surface area contributed by atoms with Gasteiger partial charge >= 0.3 is 0 Å². The average Bonchev–Trinajstić information content (AvgIpc) is 2.45. The number of aryl methyl sites for hydroxylation is 1. The van der Waals surface area contributed by atoms with Crippen molar-refractivity contribution in [3.05, 3.63) is 33.9 Å². The first-order chi connectivity index (χ1) is 9.93. The average molecular weight is 308 g/mol. The summed E-state index contributed by atoms with van der Waals surface area (Å²) in [6.07, 6.45) is 0.977. The maximum absolute atomic E-state index is 12.2. The number of carbonyl (C=O) groups is 1. The van der Waals surface area contributed by atoms with Gasteiger partial charge in [0.1, 0.15) is 0 Å². The zero-order valence-electron chi connectivity index (χ0n) is 12.3. The molecule has 5 nitrogen and oxygen atoms in total. The largest absolute Gasteiger partial charge is 0.312 e. The molecular formula is C15H20N2O3S. The topological polar surface area (TPSA) is 63.5 Å². The molecule has 0 fully saturated rings. The minimum atomic E-state index is -0.397. The van der Waals surface area contributed by atoms with E-state index in [1.807, 2.05) is 0 Å². The summed E-state index contributed by atoms with van der Waals surface area (Å²) in [7, 11) is 0. The van der Waals surface area contributed by atoms with Gasteiger partial charge in [0, 0.05) is 30.8 Å². The van der Waals surface area contributed by atoms with Crippen LogP contribution in [0, 0.1) is 22.0 Å². The molecule has 6 heteroatoms. The maximum Gasteiger partial charge on any atom is 0.269 e. The van der Waals surface area contributed by atoms with Crippen molar-refractivity contribution in [1.29, 1.82) is 0 Å². The highest BCUT2D eigenvalue weighted by Gasteiger charge is 2.28. The predicted molar refractivity (Wildman–Crippen MR) is 86.0 cm³/mol. The lowest BCUT2D eigenvalue weighted by Crippen LogP contribution is -2.40. The van der Waals surface area contributed by atoms with Gasteiger partial charge in [-0.25, -0.2) is 0 Å². The van der Waals surface area contributed by atoms with Crippen molar-refractivity contribution in [3.8, 4) is 0 Å². The van der Waals surface area contributed by atoms with Crippen LogP contribution in [0.2, 0.25) is 0 Å². The predicted octanol–water partition coefficient (Wildman–Crippen LogP) is 3.08. The number of nitro benzene ring substituents is 1. The van der Waals surface area contributed by atoms with E-state index in [-0.39, 0.29) is 11.6 Å². The first kappa shape index (κ1) is 15.8. The van der Waals surface area contributed by atoms with Crippen LogP contribution in [0.1, 0.15) is 25.8 Å². The van der Waals surface area contributed by atoms with E-state index in [4.69, 9.17) is 0 Å². The SMILES string of the molecule is CC(C)C(CS)CN1C(=O)CCc2cc([N+](=O)[O-])ccc21. The minimum Gasteiger partial charge on any atom is -0.312 e. The summed E-state index contributed by atoms with van der Waals surface area (Å²) in [5.41, 5.74) is 1.77. The lowest BCUT2D eigenvalue weighted by Gasteiger charge is -2.33. The van der Waals surface area contributed by atoms with Gasteiger partial charge in [0.2, 0.25) is 5.91 Å². The smallest absolute Gasteiger partial charge is 0.269 e. The van der Waals surface area contributed by atoms with Crippen molar-refractivity contribution in [2.24, 2.45) is 11.8 Å². The number of amides is 1. The molecule has 0 radical (unpaired) electrons. The molecule has 0 bridgehead atoms. The summed E-state index contributed by atoms with van der Waals surface area (Å²) < 4.78 is 0. The number of thiol groups is 1. The van der Waals surface area contributed by atoms with Gasteiger partial charge in [-0.1, -0.05) is 13.8 Å². The molecule has 1 atom stereocenters. The summed E-state index contributed by atoms with van der Waals surface area (Å²) >= 11 is 4.37. The molecule has 0 aliphatic carbocycles. The van der Waals surface area contributed by atoms with E-state index in [0.717, 1.165) is 11.3 Å². The molecule has 0 aromatic heterocycles. The lowest BCUT2D eigenvalue weighted by molar-refractivity contribution is -0.384. The molecule has 21 heavy (non-hydrogen) atoms. The summed E-state index contributed by atoms with van der Waals surface area (Å²) in [5, 5.41) is 10.9. The van der Waals surface area contributed by atoms with Crippen LogP contribution in [-0.4, -0.2) is 23.1 Å². The molecule has 1 aromatic rings. The summed E-state index contributed by atoms with van der Waals surface area (Å²) in [6.45, 7) is 4.85. The first-order valence-corrected chi connectivity index (χ1v) is 7.75. The third-order valence-electron chi connectivity index (χ3n) is 4.07. The van der Waals surface area contributed by atoms with Crippen LogP contribution >= 0.6 is 12.6 Å². The van der Waals surface area contributed by atoms with E-state index in [1.165, 1.54) is 6.07 Å². The monoisotopic (exact) mass is 308 g/mol. The van der Waals surface area contributed by atoms with Gasteiger partial charge in [-0.15, -0.1) is 0 Å². The van der Waals surface area contributed by atoms with Crippen molar-refractivity contribution in [2.45, 2.75) is 26.7 Å². The zero-order valence-corrected chi connectivity index (χ0v) is 13.2. The molecule has 0 N–H and O–H groups in total. The normalized spacial score (nSPS) is 16.0. The fraction of sp³-hybridized carbons (Fsp3) is 0.533. The number of hydrogen-bond acceptors (Lipinski definition) is 4. The molecule has 114 valence electrons. The molecule has 1 aromatic carbocycles. The molecule has 1 unspecified atom stereocenters. The Morgan fingerprint density at radius 2 is 2.10 bits per heavy atom. The number of anilines is 1. The molecule has 2 rings (SSSR count). The summed E-state index contributed by atoms with van der Waals surface area (Å²) in [4.78, 5) is 24.4. The number of non-ortho nitro benzene ring substituents is 1. The number of hydrogen-bond donors (Lipinski definition) is 1. The Kier molecular flexibility index (Phi) is 4.88.